The van der Waals surface area contributed by atoms with Crippen molar-refractivity contribution in [3.63, 3.8) is 0 Å². The Labute approximate surface area is 76.1 Å². The van der Waals surface area contributed by atoms with Gasteiger partial charge in [0.05, 0.1) is 6.07 Å². The summed E-state index contributed by atoms with van der Waals surface area (Å²) in [6, 6.07) is 3.08. The van der Waals surface area contributed by atoms with Crippen LogP contribution in [-0.4, -0.2) is 23.5 Å². The molecule has 0 bridgehead atoms. The van der Waals surface area contributed by atoms with E-state index in [0.717, 1.165) is 12.5 Å². The van der Waals surface area contributed by atoms with Gasteiger partial charge in [0.15, 0.2) is 0 Å². The summed E-state index contributed by atoms with van der Waals surface area (Å²) >= 11 is 0. The Bertz CT molecular complexity index is 142. The van der Waals surface area contributed by atoms with Gasteiger partial charge in [0.2, 0.25) is 0 Å². The lowest BCUT2D eigenvalue weighted by atomic mass is 10.1. The van der Waals surface area contributed by atoms with E-state index in [1.54, 1.807) is 14.2 Å². The first-order chi connectivity index (χ1) is 5.78. The van der Waals surface area contributed by atoms with E-state index >= 15 is 0 Å². The maximum atomic E-state index is 8.51. The summed E-state index contributed by atoms with van der Waals surface area (Å²) in [5.74, 6) is 0.434. The van der Waals surface area contributed by atoms with E-state index < -0.39 is 9.28 Å². The fraction of sp³-hybridized carbons (Fsp3) is 0.875. The second kappa shape index (κ2) is 7.29. The Morgan fingerprint density at radius 3 is 2.33 bits per heavy atom. The molecule has 0 saturated carbocycles. The standard InChI is InChI=1S/C8H16NO2Si/c1-4-8(5-6-9)7-12(10-2)11-3/h8H,4-5,7H2,1-3H3. The number of rotatable bonds is 6. The third-order valence-corrected chi connectivity index (χ3v) is 3.69. The Morgan fingerprint density at radius 2 is 2.00 bits per heavy atom. The molecule has 0 aromatic rings. The van der Waals surface area contributed by atoms with Gasteiger partial charge in [-0.15, -0.1) is 0 Å². The number of hydrogen-bond donors (Lipinski definition) is 0. The molecule has 0 heterocycles. The zero-order valence-corrected chi connectivity index (χ0v) is 8.96. The first-order valence-electron chi connectivity index (χ1n) is 4.09. The van der Waals surface area contributed by atoms with Gasteiger partial charge in [0.1, 0.15) is 0 Å². The predicted octanol–water partition coefficient (Wildman–Crippen LogP) is 1.71. The first-order valence-corrected chi connectivity index (χ1v) is 5.61. The normalized spacial score (nSPS) is 12.9. The van der Waals surface area contributed by atoms with Gasteiger partial charge in [0.25, 0.3) is 0 Å². The van der Waals surface area contributed by atoms with Crippen LogP contribution >= 0.6 is 0 Å². The van der Waals surface area contributed by atoms with E-state index in [9.17, 15) is 0 Å². The molecule has 3 nitrogen and oxygen atoms in total. The van der Waals surface area contributed by atoms with Gasteiger partial charge < -0.3 is 8.85 Å². The molecule has 0 aromatic carbocycles. The molecule has 0 spiro atoms. The van der Waals surface area contributed by atoms with Crippen molar-refractivity contribution in [1.82, 2.24) is 0 Å². The van der Waals surface area contributed by atoms with Gasteiger partial charge in [-0.3, -0.25) is 0 Å². The zero-order valence-electron chi connectivity index (χ0n) is 7.96. The van der Waals surface area contributed by atoms with Crippen LogP contribution in [-0.2, 0) is 8.85 Å². The quantitative estimate of drug-likeness (QED) is 0.593. The third kappa shape index (κ3) is 4.49. The molecule has 12 heavy (non-hydrogen) atoms. The highest BCUT2D eigenvalue weighted by Gasteiger charge is 2.18. The lowest BCUT2D eigenvalue weighted by molar-refractivity contribution is 0.269. The van der Waals surface area contributed by atoms with Crippen LogP contribution in [0.5, 0.6) is 0 Å². The van der Waals surface area contributed by atoms with Crippen LogP contribution in [0.1, 0.15) is 19.8 Å². The van der Waals surface area contributed by atoms with Crippen LogP contribution in [0.4, 0.5) is 0 Å². The maximum Gasteiger partial charge on any atom is 0.384 e. The van der Waals surface area contributed by atoms with Crippen molar-refractivity contribution in [2.45, 2.75) is 25.8 Å². The van der Waals surface area contributed by atoms with Gasteiger partial charge in [-0.2, -0.15) is 5.26 Å². The van der Waals surface area contributed by atoms with Gasteiger partial charge in [-0.05, 0) is 12.0 Å². The molecule has 0 N–H and O–H groups in total. The van der Waals surface area contributed by atoms with E-state index in [1.807, 2.05) is 0 Å². The molecule has 1 unspecified atom stereocenters. The third-order valence-electron chi connectivity index (χ3n) is 1.87. The molecule has 0 aliphatic carbocycles. The smallest absolute Gasteiger partial charge is 0.384 e. The van der Waals surface area contributed by atoms with Crippen LogP contribution in [0, 0.1) is 17.2 Å². The molecule has 1 atom stereocenters. The number of nitriles is 1. The minimum atomic E-state index is -1.11. The molecular weight excluding hydrogens is 170 g/mol. The molecule has 0 rings (SSSR count). The van der Waals surface area contributed by atoms with Crippen molar-refractivity contribution in [2.24, 2.45) is 5.92 Å². The summed E-state index contributed by atoms with van der Waals surface area (Å²) in [7, 11) is 2.22. The first kappa shape index (κ1) is 11.6. The number of nitrogens with zero attached hydrogens (tertiary/aromatic N) is 1. The Morgan fingerprint density at radius 1 is 1.42 bits per heavy atom. The van der Waals surface area contributed by atoms with E-state index in [-0.39, 0.29) is 0 Å². The predicted molar refractivity (Wildman–Crippen MR) is 48.6 cm³/mol. The Balaban J connectivity index is 3.75. The summed E-state index contributed by atoms with van der Waals surface area (Å²) in [6.45, 7) is 2.09. The zero-order chi connectivity index (χ0) is 9.40. The lowest BCUT2D eigenvalue weighted by Gasteiger charge is -2.14. The summed E-state index contributed by atoms with van der Waals surface area (Å²) in [5, 5.41) is 8.51. The lowest BCUT2D eigenvalue weighted by Crippen LogP contribution is -2.22. The van der Waals surface area contributed by atoms with Gasteiger partial charge in [-0.1, -0.05) is 13.3 Å². The Hall–Kier alpha value is -0.373. The van der Waals surface area contributed by atoms with Crippen molar-refractivity contribution >= 4 is 9.28 Å². The fourth-order valence-corrected chi connectivity index (χ4v) is 2.38. The summed E-state index contributed by atoms with van der Waals surface area (Å²) in [5.41, 5.74) is 0. The van der Waals surface area contributed by atoms with E-state index in [2.05, 4.69) is 13.0 Å². The summed E-state index contributed by atoms with van der Waals surface area (Å²) in [4.78, 5) is 0. The fourth-order valence-electron chi connectivity index (χ4n) is 0.976. The highest BCUT2D eigenvalue weighted by Crippen LogP contribution is 2.15. The van der Waals surface area contributed by atoms with Gasteiger partial charge in [-0.25, -0.2) is 0 Å². The second-order valence-corrected chi connectivity index (χ2v) is 4.59. The van der Waals surface area contributed by atoms with E-state index in [0.29, 0.717) is 12.3 Å². The molecule has 0 saturated heterocycles. The van der Waals surface area contributed by atoms with Gasteiger partial charge in [0, 0.05) is 20.6 Å². The van der Waals surface area contributed by atoms with Crippen molar-refractivity contribution in [3.8, 4) is 6.07 Å². The summed E-state index contributed by atoms with van der Waals surface area (Å²) < 4.78 is 10.3. The van der Waals surface area contributed by atoms with Crippen molar-refractivity contribution in [2.75, 3.05) is 14.2 Å². The topological polar surface area (TPSA) is 42.2 Å². The monoisotopic (exact) mass is 186 g/mol. The molecule has 0 aromatic heterocycles. The van der Waals surface area contributed by atoms with E-state index in [1.165, 1.54) is 0 Å². The van der Waals surface area contributed by atoms with Crippen LogP contribution < -0.4 is 0 Å². The molecule has 4 heteroatoms. The largest absolute Gasteiger partial charge is 0.397 e. The van der Waals surface area contributed by atoms with Crippen LogP contribution in [0.25, 0.3) is 0 Å². The number of hydrogen-bond acceptors (Lipinski definition) is 3. The minimum absolute atomic E-state index is 0.434. The SMILES string of the molecule is CCC(CC#N)C[Si](OC)OC. The molecule has 0 amide bonds. The van der Waals surface area contributed by atoms with Gasteiger partial charge >= 0.3 is 9.28 Å². The van der Waals surface area contributed by atoms with Crippen LogP contribution in [0.15, 0.2) is 0 Å². The molecule has 0 fully saturated rings. The molecule has 0 aliphatic rings. The van der Waals surface area contributed by atoms with E-state index in [4.69, 9.17) is 14.1 Å². The average Bonchev–Trinajstić information content (AvgIpc) is 2.12. The Kier molecular flexibility index (Phi) is 7.06. The molecule has 69 valence electrons. The average molecular weight is 186 g/mol. The van der Waals surface area contributed by atoms with Crippen LogP contribution in [0.2, 0.25) is 6.04 Å². The van der Waals surface area contributed by atoms with Crippen molar-refractivity contribution in [3.05, 3.63) is 0 Å². The molecular formula is C8H16NO2Si. The molecule has 1 radical (unpaired) electrons. The van der Waals surface area contributed by atoms with Crippen molar-refractivity contribution < 1.29 is 8.85 Å². The highest BCUT2D eigenvalue weighted by atomic mass is 28.3. The summed E-state index contributed by atoms with van der Waals surface area (Å²) in [6.07, 6.45) is 1.63. The second-order valence-electron chi connectivity index (χ2n) is 2.62. The van der Waals surface area contributed by atoms with Crippen LogP contribution in [0.3, 0.4) is 0 Å². The molecule has 0 aliphatic heterocycles. The van der Waals surface area contributed by atoms with Crippen molar-refractivity contribution in [1.29, 1.82) is 5.26 Å². The highest BCUT2D eigenvalue weighted by molar-refractivity contribution is 6.44. The minimum Gasteiger partial charge on any atom is -0.397 e. The maximum absolute atomic E-state index is 8.51.